The molecule has 1 aliphatic heterocycles. The molecule has 0 saturated carbocycles. The lowest BCUT2D eigenvalue weighted by Crippen LogP contribution is -2.19. The maximum atomic E-state index is 5.68. The van der Waals surface area contributed by atoms with Crippen molar-refractivity contribution in [2.75, 3.05) is 27.9 Å². The van der Waals surface area contributed by atoms with Crippen molar-refractivity contribution in [2.24, 2.45) is 5.73 Å². The van der Waals surface area contributed by atoms with Gasteiger partial charge in [-0.25, -0.2) is 0 Å². The van der Waals surface area contributed by atoms with Gasteiger partial charge in [0.25, 0.3) is 0 Å². The highest BCUT2D eigenvalue weighted by Gasteiger charge is 2.18. The van der Waals surface area contributed by atoms with E-state index in [4.69, 9.17) is 19.9 Å². The number of ether oxygens (including phenoxy) is 3. The third kappa shape index (κ3) is 2.72. The summed E-state index contributed by atoms with van der Waals surface area (Å²) in [6.45, 7) is 0.513. The van der Waals surface area contributed by atoms with Gasteiger partial charge in [0.15, 0.2) is 11.5 Å². The Morgan fingerprint density at radius 1 is 1.10 bits per heavy atom. The number of methoxy groups -OCH3 is 3. The van der Waals surface area contributed by atoms with Crippen LogP contribution < -0.4 is 25.3 Å². The maximum absolute atomic E-state index is 5.68. The van der Waals surface area contributed by atoms with Crippen molar-refractivity contribution < 1.29 is 14.2 Å². The highest BCUT2D eigenvalue weighted by atomic mass is 16.5. The molecule has 3 N–H and O–H groups in total. The van der Waals surface area contributed by atoms with Gasteiger partial charge < -0.3 is 25.3 Å². The molecule has 108 valence electrons. The van der Waals surface area contributed by atoms with Crippen LogP contribution in [0.2, 0.25) is 0 Å². The normalized spacial score (nSPS) is 17.2. The Balaban J connectivity index is 2.42. The molecule has 5 nitrogen and oxygen atoms in total. The second kappa shape index (κ2) is 6.34. The zero-order valence-electron chi connectivity index (χ0n) is 12.0. The van der Waals surface area contributed by atoms with E-state index >= 15 is 0 Å². The molecule has 20 heavy (non-hydrogen) atoms. The summed E-state index contributed by atoms with van der Waals surface area (Å²) in [5, 5.41) is 3.28. The van der Waals surface area contributed by atoms with Gasteiger partial charge in [-0.15, -0.1) is 0 Å². The summed E-state index contributed by atoms with van der Waals surface area (Å²) in [4.78, 5) is 0. The first-order chi connectivity index (χ1) is 9.73. The van der Waals surface area contributed by atoms with E-state index in [1.165, 1.54) is 0 Å². The van der Waals surface area contributed by atoms with E-state index in [1.807, 2.05) is 24.4 Å². The third-order valence-corrected chi connectivity index (χ3v) is 3.24. The fourth-order valence-corrected chi connectivity index (χ4v) is 2.19. The van der Waals surface area contributed by atoms with Crippen molar-refractivity contribution in [2.45, 2.75) is 6.04 Å². The third-order valence-electron chi connectivity index (χ3n) is 3.24. The molecule has 0 bridgehead atoms. The average molecular weight is 276 g/mol. The molecule has 2 rings (SSSR count). The number of dihydropyridines is 1. The minimum atomic E-state index is 0.0345. The summed E-state index contributed by atoms with van der Waals surface area (Å²) < 4.78 is 16.1. The van der Waals surface area contributed by atoms with Gasteiger partial charge in [0.1, 0.15) is 0 Å². The molecule has 0 spiro atoms. The first kappa shape index (κ1) is 14.3. The number of nitrogens with one attached hydrogen (secondary N) is 1. The molecule has 0 radical (unpaired) electrons. The van der Waals surface area contributed by atoms with Crippen LogP contribution in [0.5, 0.6) is 17.2 Å². The Hall–Kier alpha value is -2.14. The van der Waals surface area contributed by atoms with E-state index in [0.717, 1.165) is 11.1 Å². The molecule has 0 saturated heterocycles. The molecule has 0 aliphatic carbocycles. The van der Waals surface area contributed by atoms with Crippen LogP contribution in [0.15, 0.2) is 36.1 Å². The summed E-state index contributed by atoms with van der Waals surface area (Å²) >= 11 is 0. The van der Waals surface area contributed by atoms with Crippen LogP contribution >= 0.6 is 0 Å². The molecule has 1 atom stereocenters. The van der Waals surface area contributed by atoms with E-state index in [-0.39, 0.29) is 6.04 Å². The van der Waals surface area contributed by atoms with Crippen LogP contribution in [0.4, 0.5) is 0 Å². The fraction of sp³-hybridized carbons (Fsp3) is 0.333. The molecular weight excluding hydrogens is 256 g/mol. The zero-order chi connectivity index (χ0) is 14.5. The SMILES string of the molecule is COc1cc(C2C=C(CN)C=CN2)cc(OC)c1OC. The predicted molar refractivity (Wildman–Crippen MR) is 78.3 cm³/mol. The van der Waals surface area contributed by atoms with Crippen LogP contribution in [-0.2, 0) is 0 Å². The standard InChI is InChI=1S/C15H20N2O3/c1-18-13-7-11(8-14(19-2)15(13)20-3)12-6-10(9-16)4-5-17-12/h4-8,12,17H,9,16H2,1-3H3. The number of benzene rings is 1. The summed E-state index contributed by atoms with van der Waals surface area (Å²) in [5.74, 6) is 1.87. The smallest absolute Gasteiger partial charge is 0.203 e. The lowest BCUT2D eigenvalue weighted by molar-refractivity contribution is 0.323. The highest BCUT2D eigenvalue weighted by molar-refractivity contribution is 5.55. The van der Waals surface area contributed by atoms with E-state index < -0.39 is 0 Å². The number of nitrogens with two attached hydrogens (primary N) is 1. The van der Waals surface area contributed by atoms with Gasteiger partial charge in [-0.05, 0) is 35.5 Å². The Kier molecular flexibility index (Phi) is 4.53. The molecule has 0 fully saturated rings. The van der Waals surface area contributed by atoms with Gasteiger partial charge >= 0.3 is 0 Å². The summed E-state index contributed by atoms with van der Waals surface area (Å²) in [6.07, 6.45) is 5.95. The first-order valence-corrected chi connectivity index (χ1v) is 6.36. The Labute approximate surface area is 119 Å². The molecular formula is C15H20N2O3. The minimum absolute atomic E-state index is 0.0345. The summed E-state index contributed by atoms with van der Waals surface area (Å²) in [5.41, 5.74) is 7.79. The average Bonchev–Trinajstić information content (AvgIpc) is 2.53. The molecule has 1 aromatic carbocycles. The van der Waals surface area contributed by atoms with Crippen molar-refractivity contribution in [1.82, 2.24) is 5.32 Å². The minimum Gasteiger partial charge on any atom is -0.493 e. The zero-order valence-corrected chi connectivity index (χ0v) is 12.0. The van der Waals surface area contributed by atoms with Crippen molar-refractivity contribution >= 4 is 0 Å². The van der Waals surface area contributed by atoms with Gasteiger partial charge in [0.05, 0.1) is 27.4 Å². The Morgan fingerprint density at radius 2 is 1.75 bits per heavy atom. The van der Waals surface area contributed by atoms with E-state index in [1.54, 1.807) is 21.3 Å². The molecule has 1 unspecified atom stereocenters. The van der Waals surface area contributed by atoms with Crippen molar-refractivity contribution in [3.8, 4) is 17.2 Å². The lowest BCUT2D eigenvalue weighted by atomic mass is 10.0. The second-order valence-electron chi connectivity index (χ2n) is 4.38. The van der Waals surface area contributed by atoms with Crippen molar-refractivity contribution in [3.05, 3.63) is 41.6 Å². The largest absolute Gasteiger partial charge is 0.493 e. The molecule has 1 heterocycles. The van der Waals surface area contributed by atoms with Crippen LogP contribution in [0.1, 0.15) is 11.6 Å². The fourth-order valence-electron chi connectivity index (χ4n) is 2.19. The summed E-state index contributed by atoms with van der Waals surface area (Å²) in [7, 11) is 4.81. The lowest BCUT2D eigenvalue weighted by Gasteiger charge is -2.21. The van der Waals surface area contributed by atoms with Gasteiger partial charge in [0.2, 0.25) is 5.75 Å². The highest BCUT2D eigenvalue weighted by Crippen LogP contribution is 2.40. The van der Waals surface area contributed by atoms with Crippen molar-refractivity contribution in [3.63, 3.8) is 0 Å². The Morgan fingerprint density at radius 3 is 2.25 bits per heavy atom. The molecule has 5 heteroatoms. The second-order valence-corrected chi connectivity index (χ2v) is 4.38. The van der Waals surface area contributed by atoms with Crippen LogP contribution in [0.25, 0.3) is 0 Å². The number of hydrogen-bond acceptors (Lipinski definition) is 5. The van der Waals surface area contributed by atoms with Gasteiger partial charge in [-0.2, -0.15) is 0 Å². The van der Waals surface area contributed by atoms with E-state index in [2.05, 4.69) is 11.4 Å². The molecule has 1 aromatic rings. The van der Waals surface area contributed by atoms with Crippen molar-refractivity contribution in [1.29, 1.82) is 0 Å². The van der Waals surface area contributed by atoms with E-state index in [0.29, 0.717) is 23.8 Å². The topological polar surface area (TPSA) is 65.7 Å². The van der Waals surface area contributed by atoms with Crippen LogP contribution in [-0.4, -0.2) is 27.9 Å². The first-order valence-electron chi connectivity index (χ1n) is 6.36. The molecule has 0 amide bonds. The molecule has 1 aliphatic rings. The quantitative estimate of drug-likeness (QED) is 0.858. The van der Waals surface area contributed by atoms with Crippen LogP contribution in [0.3, 0.4) is 0 Å². The number of hydrogen-bond donors (Lipinski definition) is 2. The van der Waals surface area contributed by atoms with E-state index in [9.17, 15) is 0 Å². The monoisotopic (exact) mass is 276 g/mol. The summed E-state index contributed by atoms with van der Waals surface area (Å²) in [6, 6.07) is 3.90. The predicted octanol–water partition coefficient (Wildman–Crippen LogP) is 1.76. The number of rotatable bonds is 5. The van der Waals surface area contributed by atoms with Gasteiger partial charge in [-0.1, -0.05) is 6.08 Å². The van der Waals surface area contributed by atoms with Gasteiger partial charge in [0, 0.05) is 6.54 Å². The van der Waals surface area contributed by atoms with Crippen LogP contribution in [0, 0.1) is 0 Å². The Bertz CT molecular complexity index is 513. The molecule has 0 aromatic heterocycles. The maximum Gasteiger partial charge on any atom is 0.203 e. The van der Waals surface area contributed by atoms with Gasteiger partial charge in [-0.3, -0.25) is 0 Å².